The van der Waals surface area contributed by atoms with E-state index < -0.39 is 0 Å². The second-order valence-electron chi connectivity index (χ2n) is 4.87. The van der Waals surface area contributed by atoms with Gasteiger partial charge in [-0.3, -0.25) is 0 Å². The van der Waals surface area contributed by atoms with E-state index in [4.69, 9.17) is 15.2 Å². The van der Waals surface area contributed by atoms with Crippen molar-refractivity contribution < 1.29 is 9.47 Å². The molecule has 2 atom stereocenters. The van der Waals surface area contributed by atoms with Gasteiger partial charge in [-0.05, 0) is 31.9 Å². The third kappa shape index (κ3) is 3.20. The topological polar surface area (TPSA) is 44.5 Å². The molecule has 1 unspecified atom stereocenters. The summed E-state index contributed by atoms with van der Waals surface area (Å²) in [6, 6.07) is 6.20. The number of rotatable bonds is 4. The highest BCUT2D eigenvalue weighted by molar-refractivity contribution is 5.38. The van der Waals surface area contributed by atoms with Gasteiger partial charge in [0.15, 0.2) is 0 Å². The second kappa shape index (κ2) is 5.52. The summed E-state index contributed by atoms with van der Waals surface area (Å²) in [5, 5.41) is 0. The predicted octanol–water partition coefficient (Wildman–Crippen LogP) is 2.43. The Balaban J connectivity index is 2.04. The Bertz CT molecular complexity index is 370. The molecule has 0 aromatic heterocycles. The maximum absolute atomic E-state index is 5.94. The fourth-order valence-electron chi connectivity index (χ4n) is 2.07. The minimum atomic E-state index is 0.00503. The third-order valence-electron chi connectivity index (χ3n) is 3.16. The molecule has 0 bridgehead atoms. The molecular formula is C14H21NO2. The smallest absolute Gasteiger partial charge is 0.124 e. The van der Waals surface area contributed by atoms with Crippen LogP contribution in [0.1, 0.15) is 30.5 Å². The molecule has 0 saturated carbocycles. The van der Waals surface area contributed by atoms with Gasteiger partial charge in [-0.15, -0.1) is 0 Å². The molecule has 3 nitrogen and oxygen atoms in total. The summed E-state index contributed by atoms with van der Waals surface area (Å²) >= 11 is 0. The molecule has 2 rings (SSSR count). The van der Waals surface area contributed by atoms with Crippen molar-refractivity contribution in [3.63, 3.8) is 0 Å². The van der Waals surface area contributed by atoms with Crippen LogP contribution in [0.15, 0.2) is 18.2 Å². The summed E-state index contributed by atoms with van der Waals surface area (Å²) in [4.78, 5) is 0. The molecule has 94 valence electrons. The lowest BCUT2D eigenvalue weighted by Gasteiger charge is -2.16. The van der Waals surface area contributed by atoms with Crippen LogP contribution in [0.2, 0.25) is 0 Å². The normalized spacial score (nSPS) is 21.5. The fraction of sp³-hybridized carbons (Fsp3) is 0.571. The van der Waals surface area contributed by atoms with Gasteiger partial charge in [-0.25, -0.2) is 0 Å². The summed E-state index contributed by atoms with van der Waals surface area (Å²) in [6.07, 6.45) is 1.10. The number of aryl methyl sites for hydroxylation is 1. The van der Waals surface area contributed by atoms with E-state index in [0.717, 1.165) is 37.6 Å². The summed E-state index contributed by atoms with van der Waals surface area (Å²) in [7, 11) is 0. The number of benzene rings is 1. The van der Waals surface area contributed by atoms with Crippen LogP contribution in [-0.2, 0) is 4.74 Å². The molecular weight excluding hydrogens is 214 g/mol. The van der Waals surface area contributed by atoms with Crippen molar-refractivity contribution in [3.05, 3.63) is 29.3 Å². The Labute approximate surface area is 103 Å². The zero-order valence-corrected chi connectivity index (χ0v) is 10.6. The number of nitrogens with two attached hydrogens (primary N) is 1. The molecule has 1 aliphatic rings. The van der Waals surface area contributed by atoms with Crippen LogP contribution in [0.4, 0.5) is 0 Å². The zero-order chi connectivity index (χ0) is 12.3. The van der Waals surface area contributed by atoms with Gasteiger partial charge in [0, 0.05) is 24.1 Å². The molecule has 0 aliphatic carbocycles. The molecule has 1 fully saturated rings. The van der Waals surface area contributed by atoms with Gasteiger partial charge in [-0.1, -0.05) is 12.1 Å². The van der Waals surface area contributed by atoms with Crippen molar-refractivity contribution in [2.75, 3.05) is 19.8 Å². The first-order valence-electron chi connectivity index (χ1n) is 6.23. The van der Waals surface area contributed by atoms with Gasteiger partial charge in [0.05, 0.1) is 13.2 Å². The van der Waals surface area contributed by atoms with Gasteiger partial charge in [-0.2, -0.15) is 0 Å². The third-order valence-corrected chi connectivity index (χ3v) is 3.16. The lowest BCUT2D eigenvalue weighted by molar-refractivity contribution is 0.166. The standard InChI is InChI=1S/C14H21NO2/c1-10-3-4-13(11(2)15)14(7-10)17-9-12-5-6-16-8-12/h3-4,7,11-12H,5-6,8-9,15H2,1-2H3/t11-,12?/m0/s1. The number of hydrogen-bond acceptors (Lipinski definition) is 3. The van der Waals surface area contributed by atoms with Gasteiger partial charge >= 0.3 is 0 Å². The van der Waals surface area contributed by atoms with E-state index in [-0.39, 0.29) is 6.04 Å². The van der Waals surface area contributed by atoms with E-state index in [0.29, 0.717) is 5.92 Å². The van der Waals surface area contributed by atoms with E-state index in [1.54, 1.807) is 0 Å². The summed E-state index contributed by atoms with van der Waals surface area (Å²) in [6.45, 7) is 6.46. The molecule has 0 amide bonds. The van der Waals surface area contributed by atoms with Crippen LogP contribution >= 0.6 is 0 Å². The minimum Gasteiger partial charge on any atom is -0.493 e. The fourth-order valence-corrected chi connectivity index (χ4v) is 2.07. The van der Waals surface area contributed by atoms with E-state index >= 15 is 0 Å². The molecule has 1 heterocycles. The number of ether oxygens (including phenoxy) is 2. The maximum atomic E-state index is 5.94. The first-order valence-corrected chi connectivity index (χ1v) is 6.23. The monoisotopic (exact) mass is 235 g/mol. The molecule has 0 radical (unpaired) electrons. The first kappa shape index (κ1) is 12.4. The van der Waals surface area contributed by atoms with Crippen molar-refractivity contribution in [2.24, 2.45) is 11.7 Å². The summed E-state index contributed by atoms with van der Waals surface area (Å²) in [5.41, 5.74) is 8.22. The largest absolute Gasteiger partial charge is 0.493 e. The van der Waals surface area contributed by atoms with E-state index in [1.165, 1.54) is 5.56 Å². The van der Waals surface area contributed by atoms with Crippen molar-refractivity contribution in [3.8, 4) is 5.75 Å². The minimum absolute atomic E-state index is 0.00503. The molecule has 2 N–H and O–H groups in total. The van der Waals surface area contributed by atoms with E-state index in [9.17, 15) is 0 Å². The lowest BCUT2D eigenvalue weighted by Crippen LogP contribution is -2.14. The highest BCUT2D eigenvalue weighted by Gasteiger charge is 2.17. The van der Waals surface area contributed by atoms with Gasteiger partial charge < -0.3 is 15.2 Å². The maximum Gasteiger partial charge on any atom is 0.124 e. The highest BCUT2D eigenvalue weighted by Crippen LogP contribution is 2.26. The van der Waals surface area contributed by atoms with Crippen molar-refractivity contribution >= 4 is 0 Å². The first-order chi connectivity index (χ1) is 8.16. The van der Waals surface area contributed by atoms with Gasteiger partial charge in [0.25, 0.3) is 0 Å². The lowest BCUT2D eigenvalue weighted by atomic mass is 10.1. The number of hydrogen-bond donors (Lipinski definition) is 1. The van der Waals surface area contributed by atoms with E-state index in [1.807, 2.05) is 6.92 Å². The zero-order valence-electron chi connectivity index (χ0n) is 10.6. The van der Waals surface area contributed by atoms with Crippen molar-refractivity contribution in [2.45, 2.75) is 26.3 Å². The van der Waals surface area contributed by atoms with Crippen LogP contribution in [0, 0.1) is 12.8 Å². The predicted molar refractivity (Wildman–Crippen MR) is 68.2 cm³/mol. The summed E-state index contributed by atoms with van der Waals surface area (Å²) in [5.74, 6) is 1.45. The quantitative estimate of drug-likeness (QED) is 0.871. The Morgan fingerprint density at radius 1 is 1.53 bits per heavy atom. The van der Waals surface area contributed by atoms with Crippen molar-refractivity contribution in [1.29, 1.82) is 0 Å². The molecule has 3 heteroatoms. The van der Waals surface area contributed by atoms with Gasteiger partial charge in [0.1, 0.15) is 5.75 Å². The van der Waals surface area contributed by atoms with Gasteiger partial charge in [0.2, 0.25) is 0 Å². The van der Waals surface area contributed by atoms with Crippen LogP contribution in [-0.4, -0.2) is 19.8 Å². The van der Waals surface area contributed by atoms with Crippen LogP contribution < -0.4 is 10.5 Å². The van der Waals surface area contributed by atoms with Crippen LogP contribution in [0.25, 0.3) is 0 Å². The molecule has 1 saturated heterocycles. The van der Waals surface area contributed by atoms with Crippen molar-refractivity contribution in [1.82, 2.24) is 0 Å². The molecule has 0 spiro atoms. The Morgan fingerprint density at radius 2 is 2.35 bits per heavy atom. The molecule has 17 heavy (non-hydrogen) atoms. The van der Waals surface area contributed by atoms with Crippen LogP contribution in [0.5, 0.6) is 5.75 Å². The Kier molecular flexibility index (Phi) is 4.02. The van der Waals surface area contributed by atoms with E-state index in [2.05, 4.69) is 25.1 Å². The average Bonchev–Trinajstić information content (AvgIpc) is 2.78. The van der Waals surface area contributed by atoms with Crippen LogP contribution in [0.3, 0.4) is 0 Å². The SMILES string of the molecule is Cc1ccc([C@H](C)N)c(OCC2CCOC2)c1. The average molecular weight is 235 g/mol. The Morgan fingerprint density at radius 3 is 3.00 bits per heavy atom. The molecule has 1 aromatic carbocycles. The molecule has 1 aliphatic heterocycles. The summed E-state index contributed by atoms with van der Waals surface area (Å²) < 4.78 is 11.2. The second-order valence-corrected chi connectivity index (χ2v) is 4.87. The highest BCUT2D eigenvalue weighted by atomic mass is 16.5. The Hall–Kier alpha value is -1.06. The molecule has 1 aromatic rings.